The lowest BCUT2D eigenvalue weighted by Gasteiger charge is -2.13. The highest BCUT2D eigenvalue weighted by Gasteiger charge is 2.12. The first kappa shape index (κ1) is 16.0. The topological polar surface area (TPSA) is 38.3 Å². The summed E-state index contributed by atoms with van der Waals surface area (Å²) in [5.41, 5.74) is 2.87. The molecule has 2 rings (SSSR count). The first-order chi connectivity index (χ1) is 10.5. The van der Waals surface area contributed by atoms with Gasteiger partial charge in [0.25, 0.3) is 0 Å². The molecule has 0 saturated heterocycles. The van der Waals surface area contributed by atoms with E-state index in [1.54, 1.807) is 19.2 Å². The summed E-state index contributed by atoms with van der Waals surface area (Å²) >= 11 is 0. The van der Waals surface area contributed by atoms with Crippen LogP contribution in [0.15, 0.2) is 36.4 Å². The predicted molar refractivity (Wildman–Crippen MR) is 86.3 cm³/mol. The van der Waals surface area contributed by atoms with Gasteiger partial charge in [0.1, 0.15) is 11.6 Å². The van der Waals surface area contributed by atoms with Gasteiger partial charge in [-0.25, -0.2) is 4.39 Å². The first-order valence-electron chi connectivity index (χ1n) is 7.19. The Morgan fingerprint density at radius 3 is 2.73 bits per heavy atom. The third kappa shape index (κ3) is 3.64. The van der Waals surface area contributed by atoms with E-state index in [4.69, 9.17) is 4.74 Å². The molecule has 0 aliphatic heterocycles. The van der Waals surface area contributed by atoms with E-state index in [9.17, 15) is 9.18 Å². The van der Waals surface area contributed by atoms with Crippen LogP contribution in [0.3, 0.4) is 0 Å². The Morgan fingerprint density at radius 1 is 1.27 bits per heavy atom. The summed E-state index contributed by atoms with van der Waals surface area (Å²) in [7, 11) is 1.64. The predicted octanol–water partition coefficient (Wildman–Crippen LogP) is 4.00. The molecule has 4 heteroatoms. The number of aryl methyl sites for hydroxylation is 1. The third-order valence-corrected chi connectivity index (χ3v) is 3.51. The number of carbonyl (C=O) groups excluding carboxylic acids is 1. The van der Waals surface area contributed by atoms with Gasteiger partial charge >= 0.3 is 0 Å². The maximum Gasteiger partial charge on any atom is 0.164 e. The van der Waals surface area contributed by atoms with Gasteiger partial charge in [-0.3, -0.25) is 4.79 Å². The second-order valence-corrected chi connectivity index (χ2v) is 5.21. The number of anilines is 1. The summed E-state index contributed by atoms with van der Waals surface area (Å²) in [6.07, 6.45) is 0.721. The Kier molecular flexibility index (Phi) is 5.15. The molecule has 0 aliphatic carbocycles. The van der Waals surface area contributed by atoms with Gasteiger partial charge in [-0.15, -0.1) is 0 Å². The number of ketones is 1. The number of benzene rings is 2. The molecular formula is C18H20FNO2. The Morgan fingerprint density at radius 2 is 2.05 bits per heavy atom. The van der Waals surface area contributed by atoms with Gasteiger partial charge in [-0.05, 0) is 44.0 Å². The fourth-order valence-electron chi connectivity index (χ4n) is 2.46. The zero-order valence-corrected chi connectivity index (χ0v) is 13.1. The molecule has 2 aromatic carbocycles. The second kappa shape index (κ2) is 7.07. The van der Waals surface area contributed by atoms with Gasteiger partial charge in [-0.2, -0.15) is 0 Å². The number of nitrogens with one attached hydrogen (secondary N) is 1. The van der Waals surface area contributed by atoms with Crippen LogP contribution in [-0.2, 0) is 6.42 Å². The van der Waals surface area contributed by atoms with Gasteiger partial charge in [0.15, 0.2) is 5.78 Å². The molecule has 0 bridgehead atoms. The number of rotatable bonds is 6. The van der Waals surface area contributed by atoms with Crippen molar-refractivity contribution in [2.45, 2.75) is 20.3 Å². The number of carbonyl (C=O) groups is 1. The van der Waals surface area contributed by atoms with E-state index < -0.39 is 5.82 Å². The summed E-state index contributed by atoms with van der Waals surface area (Å²) in [4.78, 5) is 11.6. The van der Waals surface area contributed by atoms with Crippen LogP contribution < -0.4 is 10.1 Å². The smallest absolute Gasteiger partial charge is 0.164 e. The van der Waals surface area contributed by atoms with Crippen molar-refractivity contribution in [1.29, 1.82) is 0 Å². The Labute approximate surface area is 130 Å². The molecule has 0 saturated carbocycles. The van der Waals surface area contributed by atoms with Crippen LogP contribution in [0.1, 0.15) is 28.4 Å². The highest BCUT2D eigenvalue weighted by atomic mass is 19.1. The fraction of sp³-hybridized carbons (Fsp3) is 0.278. The molecule has 116 valence electrons. The van der Waals surface area contributed by atoms with Crippen LogP contribution in [0.4, 0.5) is 10.1 Å². The van der Waals surface area contributed by atoms with Crippen molar-refractivity contribution in [3.05, 3.63) is 58.9 Å². The molecule has 2 aromatic rings. The minimum absolute atomic E-state index is 0.110. The molecule has 0 aliphatic rings. The molecule has 0 fully saturated rings. The zero-order chi connectivity index (χ0) is 16.1. The van der Waals surface area contributed by atoms with E-state index in [1.807, 2.05) is 19.1 Å². The maximum absolute atomic E-state index is 13.7. The van der Waals surface area contributed by atoms with Gasteiger partial charge in [0, 0.05) is 12.2 Å². The SMILES string of the molecule is COc1ccc(C)cc1CCNc1cccc(F)c1C(C)=O. The summed E-state index contributed by atoms with van der Waals surface area (Å²) in [6.45, 7) is 3.98. The average molecular weight is 301 g/mol. The van der Waals surface area contributed by atoms with E-state index >= 15 is 0 Å². The minimum Gasteiger partial charge on any atom is -0.496 e. The van der Waals surface area contributed by atoms with E-state index in [-0.39, 0.29) is 11.3 Å². The molecule has 0 spiro atoms. The van der Waals surface area contributed by atoms with Crippen molar-refractivity contribution in [2.24, 2.45) is 0 Å². The highest BCUT2D eigenvalue weighted by molar-refractivity contribution is 5.99. The van der Waals surface area contributed by atoms with Crippen molar-refractivity contribution >= 4 is 11.5 Å². The number of methoxy groups -OCH3 is 1. The van der Waals surface area contributed by atoms with E-state index in [0.29, 0.717) is 12.2 Å². The van der Waals surface area contributed by atoms with Crippen LogP contribution in [0.25, 0.3) is 0 Å². The molecular weight excluding hydrogens is 281 g/mol. The van der Waals surface area contributed by atoms with Crippen LogP contribution >= 0.6 is 0 Å². The van der Waals surface area contributed by atoms with Crippen LogP contribution in [0.2, 0.25) is 0 Å². The lowest BCUT2D eigenvalue weighted by Crippen LogP contribution is -2.10. The monoisotopic (exact) mass is 301 g/mol. The standard InChI is InChI=1S/C18H20FNO2/c1-12-7-8-17(22-3)14(11-12)9-10-20-16-6-4-5-15(19)18(16)13(2)21/h4-8,11,20H,9-10H2,1-3H3. The van der Waals surface area contributed by atoms with E-state index in [0.717, 1.165) is 23.3 Å². The van der Waals surface area contributed by atoms with Crippen molar-refractivity contribution in [2.75, 3.05) is 19.0 Å². The highest BCUT2D eigenvalue weighted by Crippen LogP contribution is 2.22. The fourth-order valence-corrected chi connectivity index (χ4v) is 2.46. The normalized spacial score (nSPS) is 10.4. The quantitative estimate of drug-likeness (QED) is 0.820. The number of hydrogen-bond donors (Lipinski definition) is 1. The first-order valence-corrected chi connectivity index (χ1v) is 7.19. The molecule has 22 heavy (non-hydrogen) atoms. The maximum atomic E-state index is 13.7. The van der Waals surface area contributed by atoms with Gasteiger partial charge in [-0.1, -0.05) is 23.8 Å². The summed E-state index contributed by atoms with van der Waals surface area (Å²) in [5, 5.41) is 3.14. The molecule has 1 N–H and O–H groups in total. The van der Waals surface area contributed by atoms with Crippen LogP contribution in [-0.4, -0.2) is 19.4 Å². The Hall–Kier alpha value is -2.36. The number of hydrogen-bond acceptors (Lipinski definition) is 3. The van der Waals surface area contributed by atoms with Crippen molar-refractivity contribution in [1.82, 2.24) is 0 Å². The molecule has 0 aromatic heterocycles. The largest absolute Gasteiger partial charge is 0.496 e. The Bertz CT molecular complexity index is 683. The van der Waals surface area contributed by atoms with E-state index in [2.05, 4.69) is 11.4 Å². The molecule has 0 heterocycles. The average Bonchev–Trinajstić information content (AvgIpc) is 2.47. The number of halogens is 1. The van der Waals surface area contributed by atoms with Crippen LogP contribution in [0.5, 0.6) is 5.75 Å². The van der Waals surface area contributed by atoms with Gasteiger partial charge in [0.2, 0.25) is 0 Å². The number of Topliss-reactive ketones (excluding diaryl/α,β-unsaturated/α-hetero) is 1. The summed E-state index contributed by atoms with van der Waals surface area (Å²) in [6, 6.07) is 10.6. The van der Waals surface area contributed by atoms with Crippen molar-refractivity contribution in [3.63, 3.8) is 0 Å². The van der Waals surface area contributed by atoms with Crippen molar-refractivity contribution in [3.8, 4) is 5.75 Å². The second-order valence-electron chi connectivity index (χ2n) is 5.21. The molecule has 0 unspecified atom stereocenters. The summed E-state index contributed by atoms with van der Waals surface area (Å²) in [5.74, 6) is 0.0535. The number of ether oxygens (including phenoxy) is 1. The molecule has 3 nitrogen and oxygen atoms in total. The van der Waals surface area contributed by atoms with Crippen molar-refractivity contribution < 1.29 is 13.9 Å². The molecule has 0 amide bonds. The lowest BCUT2D eigenvalue weighted by molar-refractivity contribution is 0.101. The van der Waals surface area contributed by atoms with Gasteiger partial charge < -0.3 is 10.1 Å². The summed E-state index contributed by atoms with van der Waals surface area (Å²) < 4.78 is 19.1. The molecule has 0 atom stereocenters. The zero-order valence-electron chi connectivity index (χ0n) is 13.1. The van der Waals surface area contributed by atoms with E-state index in [1.165, 1.54) is 13.0 Å². The lowest BCUT2D eigenvalue weighted by atomic mass is 10.1. The third-order valence-electron chi connectivity index (χ3n) is 3.51. The Balaban J connectivity index is 2.11. The van der Waals surface area contributed by atoms with Gasteiger partial charge in [0.05, 0.1) is 12.7 Å². The molecule has 0 radical (unpaired) electrons. The minimum atomic E-state index is -0.495. The van der Waals surface area contributed by atoms with Crippen LogP contribution in [0, 0.1) is 12.7 Å².